The van der Waals surface area contributed by atoms with Crippen molar-refractivity contribution in [2.24, 2.45) is 0 Å². The highest BCUT2D eigenvalue weighted by atomic mass is 35.5. The molecule has 6 heteroatoms. The van der Waals surface area contributed by atoms with Crippen LogP contribution in [0.15, 0.2) is 16.8 Å². The van der Waals surface area contributed by atoms with Crippen molar-refractivity contribution in [3.05, 3.63) is 45.3 Å². The number of rotatable bonds is 5. The number of benzene rings is 1. The maximum atomic E-state index is 13.1. The predicted molar refractivity (Wildman–Crippen MR) is 92.6 cm³/mol. The van der Waals surface area contributed by atoms with Crippen LogP contribution in [0.2, 0.25) is 5.02 Å². The van der Waals surface area contributed by atoms with E-state index in [0.29, 0.717) is 33.6 Å². The van der Waals surface area contributed by atoms with Crippen molar-refractivity contribution in [1.82, 2.24) is 5.16 Å². The Morgan fingerprint density at radius 3 is 2.76 bits per heavy atom. The van der Waals surface area contributed by atoms with E-state index in [-0.39, 0.29) is 11.9 Å². The van der Waals surface area contributed by atoms with Gasteiger partial charge in [0, 0.05) is 29.7 Å². The average molecular weight is 362 g/mol. The highest BCUT2D eigenvalue weighted by Gasteiger charge is 2.35. The minimum Gasteiger partial charge on any atom is -0.496 e. The van der Waals surface area contributed by atoms with E-state index in [1.54, 1.807) is 20.3 Å². The standard InChI is InChI=1S/C19H20ClNO4/c1-23-14-5-3-4-11-15(24-2)8-12(17(20)16(11)14)18(22)13-9-21-25-19(13)10-6-7-10/h8-10,14H,3-7H2,1-2H3. The van der Waals surface area contributed by atoms with E-state index in [2.05, 4.69) is 5.16 Å². The fourth-order valence-electron chi connectivity index (χ4n) is 3.68. The Hall–Kier alpha value is -1.85. The van der Waals surface area contributed by atoms with Crippen LogP contribution < -0.4 is 4.74 Å². The molecule has 2 aliphatic carbocycles. The third kappa shape index (κ3) is 2.75. The number of carbonyl (C=O) groups excluding carboxylic acids is 1. The molecule has 5 nitrogen and oxygen atoms in total. The Balaban J connectivity index is 1.84. The van der Waals surface area contributed by atoms with Crippen LogP contribution in [0.1, 0.15) is 70.5 Å². The Morgan fingerprint density at radius 2 is 2.08 bits per heavy atom. The number of nitrogens with zero attached hydrogens (tertiary/aromatic N) is 1. The van der Waals surface area contributed by atoms with E-state index >= 15 is 0 Å². The normalized spacial score (nSPS) is 19.6. The second kappa shape index (κ2) is 6.46. The lowest BCUT2D eigenvalue weighted by Gasteiger charge is -2.28. The van der Waals surface area contributed by atoms with E-state index in [1.807, 2.05) is 0 Å². The second-order valence-electron chi connectivity index (χ2n) is 6.66. The van der Waals surface area contributed by atoms with Crippen LogP contribution in [-0.2, 0) is 11.2 Å². The summed E-state index contributed by atoms with van der Waals surface area (Å²) in [5, 5.41) is 4.28. The average Bonchev–Trinajstić information content (AvgIpc) is 3.37. The maximum absolute atomic E-state index is 13.1. The third-order valence-corrected chi connectivity index (χ3v) is 5.53. The number of fused-ring (bicyclic) bond motifs is 1. The van der Waals surface area contributed by atoms with Gasteiger partial charge in [0.2, 0.25) is 0 Å². The second-order valence-corrected chi connectivity index (χ2v) is 7.03. The first-order chi connectivity index (χ1) is 12.2. The lowest BCUT2D eigenvalue weighted by Crippen LogP contribution is -2.16. The van der Waals surface area contributed by atoms with Crippen molar-refractivity contribution < 1.29 is 18.8 Å². The Morgan fingerprint density at radius 1 is 1.28 bits per heavy atom. The first-order valence-electron chi connectivity index (χ1n) is 8.57. The number of carbonyl (C=O) groups is 1. The summed E-state index contributed by atoms with van der Waals surface area (Å²) in [6.45, 7) is 0. The largest absolute Gasteiger partial charge is 0.496 e. The first kappa shape index (κ1) is 16.6. The van der Waals surface area contributed by atoms with Crippen molar-refractivity contribution in [3.8, 4) is 5.75 Å². The van der Waals surface area contributed by atoms with Crippen LogP contribution in [0.25, 0.3) is 0 Å². The minimum absolute atomic E-state index is 0.122. The van der Waals surface area contributed by atoms with Gasteiger partial charge >= 0.3 is 0 Å². The highest BCUT2D eigenvalue weighted by Crippen LogP contribution is 2.45. The smallest absolute Gasteiger partial charge is 0.199 e. The molecule has 1 fully saturated rings. The molecule has 1 heterocycles. The molecule has 1 unspecified atom stereocenters. The van der Waals surface area contributed by atoms with Crippen molar-refractivity contribution in [2.75, 3.05) is 14.2 Å². The fourth-order valence-corrected chi connectivity index (χ4v) is 4.06. The van der Waals surface area contributed by atoms with Crippen LogP contribution in [0.5, 0.6) is 5.75 Å². The van der Waals surface area contributed by atoms with Crippen molar-refractivity contribution in [2.45, 2.75) is 44.1 Å². The van der Waals surface area contributed by atoms with Gasteiger partial charge in [-0.25, -0.2) is 0 Å². The van der Waals surface area contributed by atoms with Gasteiger partial charge < -0.3 is 14.0 Å². The number of ether oxygens (including phenoxy) is 2. The number of hydrogen-bond donors (Lipinski definition) is 0. The molecule has 2 aliphatic rings. The van der Waals surface area contributed by atoms with Crippen LogP contribution >= 0.6 is 11.6 Å². The van der Waals surface area contributed by atoms with Crippen LogP contribution in [0, 0.1) is 0 Å². The Labute approximate surface area is 151 Å². The molecule has 0 aliphatic heterocycles. The van der Waals surface area contributed by atoms with Crippen LogP contribution in [-0.4, -0.2) is 25.2 Å². The molecule has 0 amide bonds. The molecule has 1 aromatic heterocycles. The van der Waals surface area contributed by atoms with Gasteiger partial charge in [0.25, 0.3) is 0 Å². The molecule has 0 N–H and O–H groups in total. The summed E-state index contributed by atoms with van der Waals surface area (Å²) in [7, 11) is 3.28. The summed E-state index contributed by atoms with van der Waals surface area (Å²) < 4.78 is 16.5. The van der Waals surface area contributed by atoms with Crippen molar-refractivity contribution in [1.29, 1.82) is 0 Å². The summed E-state index contributed by atoms with van der Waals surface area (Å²) in [5.74, 6) is 1.48. The number of ketones is 1. The topological polar surface area (TPSA) is 61.6 Å². The quantitative estimate of drug-likeness (QED) is 0.735. The predicted octanol–water partition coefficient (Wildman–Crippen LogP) is 4.47. The molecular weight excluding hydrogens is 342 g/mol. The molecule has 2 aromatic rings. The van der Waals surface area contributed by atoms with Gasteiger partial charge in [-0.2, -0.15) is 0 Å². The van der Waals surface area contributed by atoms with Gasteiger partial charge in [-0.15, -0.1) is 0 Å². The van der Waals surface area contributed by atoms with E-state index in [1.165, 1.54) is 6.20 Å². The lowest BCUT2D eigenvalue weighted by atomic mass is 9.86. The van der Waals surface area contributed by atoms with Gasteiger partial charge in [-0.1, -0.05) is 16.8 Å². The van der Waals surface area contributed by atoms with E-state index in [9.17, 15) is 4.79 Å². The zero-order valence-electron chi connectivity index (χ0n) is 14.3. The number of halogens is 1. The zero-order valence-corrected chi connectivity index (χ0v) is 15.1. The van der Waals surface area contributed by atoms with Gasteiger partial charge in [0.15, 0.2) is 11.5 Å². The van der Waals surface area contributed by atoms with E-state index in [0.717, 1.165) is 43.2 Å². The zero-order chi connectivity index (χ0) is 17.6. The minimum atomic E-state index is -0.172. The Bertz CT molecular complexity index is 825. The molecule has 1 atom stereocenters. The molecule has 0 spiro atoms. The van der Waals surface area contributed by atoms with E-state index < -0.39 is 0 Å². The molecular formula is C19H20ClNO4. The summed E-state index contributed by atoms with van der Waals surface area (Å²) in [4.78, 5) is 13.1. The molecule has 1 saturated carbocycles. The van der Waals surface area contributed by atoms with Gasteiger partial charge in [-0.3, -0.25) is 4.79 Å². The monoisotopic (exact) mass is 361 g/mol. The van der Waals surface area contributed by atoms with Gasteiger partial charge in [0.05, 0.1) is 30.0 Å². The molecule has 0 radical (unpaired) electrons. The molecule has 0 bridgehead atoms. The highest BCUT2D eigenvalue weighted by molar-refractivity contribution is 6.36. The molecule has 25 heavy (non-hydrogen) atoms. The number of aromatic nitrogens is 1. The first-order valence-corrected chi connectivity index (χ1v) is 8.94. The third-order valence-electron chi connectivity index (χ3n) is 5.13. The summed E-state index contributed by atoms with van der Waals surface area (Å²) in [6, 6.07) is 1.74. The summed E-state index contributed by atoms with van der Waals surface area (Å²) in [5.41, 5.74) is 2.83. The van der Waals surface area contributed by atoms with Gasteiger partial charge in [0.1, 0.15) is 5.75 Å². The summed E-state index contributed by atoms with van der Waals surface area (Å²) >= 11 is 6.68. The Kier molecular flexibility index (Phi) is 4.29. The molecule has 132 valence electrons. The summed E-state index contributed by atoms with van der Waals surface area (Å²) in [6.07, 6.45) is 6.18. The molecule has 0 saturated heterocycles. The number of hydrogen-bond acceptors (Lipinski definition) is 5. The maximum Gasteiger partial charge on any atom is 0.199 e. The lowest BCUT2D eigenvalue weighted by molar-refractivity contribution is 0.0874. The SMILES string of the molecule is COc1cc(C(=O)c2cnoc2C2CC2)c(Cl)c2c1CCCC2OC. The molecule has 1 aromatic carbocycles. The van der Waals surface area contributed by atoms with Crippen molar-refractivity contribution in [3.63, 3.8) is 0 Å². The van der Waals surface area contributed by atoms with Crippen molar-refractivity contribution >= 4 is 17.4 Å². The molecule has 4 rings (SSSR count). The van der Waals surface area contributed by atoms with Crippen LogP contribution in [0.4, 0.5) is 0 Å². The fraction of sp³-hybridized carbons (Fsp3) is 0.474. The van der Waals surface area contributed by atoms with Gasteiger partial charge in [-0.05, 0) is 38.2 Å². The van der Waals surface area contributed by atoms with Crippen LogP contribution in [0.3, 0.4) is 0 Å². The van der Waals surface area contributed by atoms with E-state index in [4.69, 9.17) is 25.6 Å². The number of methoxy groups -OCH3 is 2.